The first-order chi connectivity index (χ1) is 8.21. The minimum atomic E-state index is -3.02. The number of halogens is 1. The molecule has 1 aromatic rings. The minimum absolute atomic E-state index is 0.0112. The maximum Gasteiger partial charge on any atom is 0.268 e. The third-order valence-corrected chi connectivity index (χ3v) is 5.46. The number of rotatable bonds is 2. The number of carbonyl (C=O) groups excluding carboxylic acids is 1. The van der Waals surface area contributed by atoms with E-state index in [-0.39, 0.29) is 17.4 Å². The number of aryl methyl sites for hydroxylation is 1. The molecule has 1 fully saturated rings. The van der Waals surface area contributed by atoms with Crippen molar-refractivity contribution in [3.8, 4) is 0 Å². The lowest BCUT2D eigenvalue weighted by molar-refractivity contribution is 0.0907. The van der Waals surface area contributed by atoms with E-state index in [0.717, 1.165) is 4.47 Å². The Morgan fingerprint density at radius 1 is 1.56 bits per heavy atom. The van der Waals surface area contributed by atoms with E-state index in [1.165, 1.54) is 0 Å². The van der Waals surface area contributed by atoms with Crippen molar-refractivity contribution in [2.45, 2.75) is 18.9 Å². The number of sulfone groups is 1. The van der Waals surface area contributed by atoms with Gasteiger partial charge in [0.25, 0.3) is 5.91 Å². The fourth-order valence-electron chi connectivity index (χ4n) is 2.20. The smallest absolute Gasteiger partial charge is 0.268 e. The van der Waals surface area contributed by atoms with E-state index < -0.39 is 15.4 Å². The van der Waals surface area contributed by atoms with Gasteiger partial charge in [0, 0.05) is 17.7 Å². The molecular formula is C11H15BrN2O3S. The molecule has 100 valence electrons. The molecule has 1 saturated heterocycles. The van der Waals surface area contributed by atoms with Gasteiger partial charge in [-0.3, -0.25) is 4.79 Å². The first-order valence-electron chi connectivity index (χ1n) is 5.56. The molecule has 1 aliphatic heterocycles. The zero-order valence-corrected chi connectivity index (χ0v) is 12.6. The van der Waals surface area contributed by atoms with Gasteiger partial charge >= 0.3 is 0 Å². The molecule has 1 N–H and O–H groups in total. The van der Waals surface area contributed by atoms with E-state index in [2.05, 4.69) is 21.2 Å². The molecule has 1 aliphatic rings. The Kier molecular flexibility index (Phi) is 3.31. The summed E-state index contributed by atoms with van der Waals surface area (Å²) in [5, 5.41) is 2.82. The topological polar surface area (TPSA) is 68.2 Å². The SMILES string of the molecule is Cn1cc(Br)cc1C(=O)NC1(C)CCS(=O)(=O)C1. The van der Waals surface area contributed by atoms with Crippen LogP contribution in [0.3, 0.4) is 0 Å². The van der Waals surface area contributed by atoms with E-state index in [1.807, 2.05) is 0 Å². The second-order valence-corrected chi connectivity index (χ2v) is 8.11. The van der Waals surface area contributed by atoms with Crippen LogP contribution in [0.2, 0.25) is 0 Å². The fraction of sp³-hybridized carbons (Fsp3) is 0.545. The molecular weight excluding hydrogens is 320 g/mol. The molecule has 0 radical (unpaired) electrons. The third-order valence-electron chi connectivity index (χ3n) is 3.12. The summed E-state index contributed by atoms with van der Waals surface area (Å²) in [6.45, 7) is 1.77. The van der Waals surface area contributed by atoms with Gasteiger partial charge in [-0.25, -0.2) is 8.42 Å². The largest absolute Gasteiger partial charge is 0.345 e. The van der Waals surface area contributed by atoms with Gasteiger partial charge < -0.3 is 9.88 Å². The normalized spacial score (nSPS) is 26.2. The maximum absolute atomic E-state index is 12.1. The first kappa shape index (κ1) is 13.6. The number of hydrogen-bond donors (Lipinski definition) is 1. The Labute approximate surface area is 115 Å². The van der Waals surface area contributed by atoms with Crippen molar-refractivity contribution in [3.63, 3.8) is 0 Å². The highest BCUT2D eigenvalue weighted by Crippen LogP contribution is 2.23. The Bertz CT molecular complexity index is 593. The number of aromatic nitrogens is 1. The molecule has 2 rings (SSSR count). The van der Waals surface area contributed by atoms with Gasteiger partial charge in [0.2, 0.25) is 0 Å². The Hall–Kier alpha value is -0.820. The summed E-state index contributed by atoms with van der Waals surface area (Å²) in [4.78, 5) is 12.1. The summed E-state index contributed by atoms with van der Waals surface area (Å²) in [5.41, 5.74) is -0.153. The quantitative estimate of drug-likeness (QED) is 0.880. The fourth-order valence-corrected chi connectivity index (χ4v) is 4.81. The minimum Gasteiger partial charge on any atom is -0.345 e. The van der Waals surface area contributed by atoms with Crippen LogP contribution in [0.4, 0.5) is 0 Å². The second-order valence-electron chi connectivity index (χ2n) is 5.01. The maximum atomic E-state index is 12.1. The van der Waals surface area contributed by atoms with E-state index >= 15 is 0 Å². The standard InChI is InChI=1S/C11H15BrN2O3S/c1-11(3-4-18(16,17)7-11)13-10(15)9-5-8(12)6-14(9)2/h5-6H,3-4,7H2,1-2H3,(H,13,15). The highest BCUT2D eigenvalue weighted by atomic mass is 79.9. The summed E-state index contributed by atoms with van der Waals surface area (Å²) < 4.78 is 25.5. The zero-order chi connectivity index (χ0) is 13.6. The highest BCUT2D eigenvalue weighted by Gasteiger charge is 2.39. The molecule has 0 aromatic carbocycles. The summed E-state index contributed by atoms with van der Waals surface area (Å²) >= 11 is 3.30. The van der Waals surface area contributed by atoms with Crippen LogP contribution in [0.15, 0.2) is 16.7 Å². The third kappa shape index (κ3) is 2.77. The average molecular weight is 335 g/mol. The molecule has 1 atom stereocenters. The molecule has 2 heterocycles. The van der Waals surface area contributed by atoms with Crippen LogP contribution in [0.5, 0.6) is 0 Å². The summed E-state index contributed by atoms with van der Waals surface area (Å²) in [6.07, 6.45) is 2.25. The van der Waals surface area contributed by atoms with Crippen molar-refractivity contribution < 1.29 is 13.2 Å². The second kappa shape index (κ2) is 4.38. The Morgan fingerprint density at radius 2 is 2.22 bits per heavy atom. The molecule has 1 amide bonds. The molecule has 0 bridgehead atoms. The Balaban J connectivity index is 2.16. The van der Waals surface area contributed by atoms with Gasteiger partial charge in [0.1, 0.15) is 5.69 Å². The van der Waals surface area contributed by atoms with Crippen molar-refractivity contribution >= 4 is 31.7 Å². The van der Waals surface area contributed by atoms with Crippen LogP contribution in [0.1, 0.15) is 23.8 Å². The van der Waals surface area contributed by atoms with Crippen molar-refractivity contribution in [3.05, 3.63) is 22.4 Å². The van der Waals surface area contributed by atoms with Crippen LogP contribution in [-0.2, 0) is 16.9 Å². The average Bonchev–Trinajstić information content (AvgIpc) is 2.67. The number of nitrogens with one attached hydrogen (secondary N) is 1. The lowest BCUT2D eigenvalue weighted by Crippen LogP contribution is -2.47. The first-order valence-corrected chi connectivity index (χ1v) is 8.17. The molecule has 1 unspecified atom stereocenters. The van der Waals surface area contributed by atoms with Gasteiger partial charge in [-0.2, -0.15) is 0 Å². The monoisotopic (exact) mass is 334 g/mol. The lowest BCUT2D eigenvalue weighted by atomic mass is 10.0. The summed E-state index contributed by atoms with van der Waals surface area (Å²) in [7, 11) is -1.25. The van der Waals surface area contributed by atoms with Gasteiger partial charge in [0.15, 0.2) is 9.84 Å². The summed E-state index contributed by atoms with van der Waals surface area (Å²) in [6, 6.07) is 1.71. The van der Waals surface area contributed by atoms with E-state index in [1.54, 1.807) is 30.8 Å². The molecule has 0 aliphatic carbocycles. The Morgan fingerprint density at radius 3 is 2.67 bits per heavy atom. The van der Waals surface area contributed by atoms with Crippen LogP contribution in [0, 0.1) is 0 Å². The van der Waals surface area contributed by atoms with Crippen molar-refractivity contribution in [1.82, 2.24) is 9.88 Å². The van der Waals surface area contributed by atoms with Gasteiger partial charge in [-0.1, -0.05) is 0 Å². The lowest BCUT2D eigenvalue weighted by Gasteiger charge is -2.23. The van der Waals surface area contributed by atoms with Crippen LogP contribution in [-0.4, -0.2) is 35.9 Å². The highest BCUT2D eigenvalue weighted by molar-refractivity contribution is 9.10. The van der Waals surface area contributed by atoms with Gasteiger partial charge in [-0.15, -0.1) is 0 Å². The van der Waals surface area contributed by atoms with E-state index in [4.69, 9.17) is 0 Å². The van der Waals surface area contributed by atoms with Gasteiger partial charge in [-0.05, 0) is 35.3 Å². The molecule has 0 saturated carbocycles. The molecule has 0 spiro atoms. The zero-order valence-electron chi connectivity index (χ0n) is 10.2. The van der Waals surface area contributed by atoms with Crippen molar-refractivity contribution in [1.29, 1.82) is 0 Å². The van der Waals surface area contributed by atoms with Crippen LogP contribution in [0.25, 0.3) is 0 Å². The molecule has 1 aromatic heterocycles. The molecule has 18 heavy (non-hydrogen) atoms. The number of carbonyl (C=O) groups is 1. The summed E-state index contributed by atoms with van der Waals surface area (Å²) in [5.74, 6) is -0.0967. The van der Waals surface area contributed by atoms with Crippen molar-refractivity contribution in [2.75, 3.05) is 11.5 Å². The molecule has 7 heteroatoms. The molecule has 5 nitrogen and oxygen atoms in total. The van der Waals surface area contributed by atoms with Gasteiger partial charge in [0.05, 0.1) is 17.0 Å². The van der Waals surface area contributed by atoms with E-state index in [0.29, 0.717) is 12.1 Å². The predicted octanol–water partition coefficient (Wildman–Crippen LogP) is 1.09. The van der Waals surface area contributed by atoms with Crippen LogP contribution >= 0.6 is 15.9 Å². The predicted molar refractivity (Wildman–Crippen MR) is 72.3 cm³/mol. The van der Waals surface area contributed by atoms with Crippen LogP contribution < -0.4 is 5.32 Å². The number of hydrogen-bond acceptors (Lipinski definition) is 3. The number of amides is 1. The van der Waals surface area contributed by atoms with Crippen molar-refractivity contribution in [2.24, 2.45) is 7.05 Å². The van der Waals surface area contributed by atoms with E-state index in [9.17, 15) is 13.2 Å². The number of nitrogens with zero attached hydrogens (tertiary/aromatic N) is 1.